The number of carbonyl (C=O) groups is 1. The molecule has 1 saturated heterocycles. The smallest absolute Gasteiger partial charge is 0.341 e. The highest BCUT2D eigenvalue weighted by Crippen LogP contribution is 2.47. The second kappa shape index (κ2) is 12.4. The molecule has 2 aromatic carbocycles. The molecule has 8 nitrogen and oxygen atoms in total. The summed E-state index contributed by atoms with van der Waals surface area (Å²) in [6, 6.07) is 7.58. The number of phenols is 1. The zero-order valence-corrected chi connectivity index (χ0v) is 25.3. The number of thiocarbonyl (C=S) groups is 1. The number of aromatic nitrogens is 1. The van der Waals surface area contributed by atoms with E-state index < -0.39 is 5.97 Å². The summed E-state index contributed by atoms with van der Waals surface area (Å²) in [4.78, 5) is 16.4. The Morgan fingerprint density at radius 3 is 2.46 bits per heavy atom. The standard InChI is InChI=1S/C28H31BrN2O6S.ClH/c1-4-37-28(33)24-23-18(15-30-9-11-36-12-10-30)26(32)19(29)14-20(23)31(17-6-7-17)25(24)27(38)16-5-8-21(34-2)22(13-16)35-3;/h5,8,13-14,17,32H,4,6-7,9-12,15H2,1-3H3;1H. The van der Waals surface area contributed by atoms with Crippen molar-refractivity contribution in [2.24, 2.45) is 0 Å². The first-order valence-corrected chi connectivity index (χ1v) is 13.9. The predicted molar refractivity (Wildman–Crippen MR) is 159 cm³/mol. The summed E-state index contributed by atoms with van der Waals surface area (Å²) in [6.45, 7) is 5.20. The van der Waals surface area contributed by atoms with Crippen LogP contribution in [0.1, 0.15) is 53.0 Å². The van der Waals surface area contributed by atoms with Crippen LogP contribution in [0, 0.1) is 0 Å². The van der Waals surface area contributed by atoms with Crippen molar-refractivity contribution in [3.05, 3.63) is 51.1 Å². The van der Waals surface area contributed by atoms with E-state index in [9.17, 15) is 9.90 Å². The number of aromatic hydroxyl groups is 1. The number of methoxy groups -OCH3 is 2. The van der Waals surface area contributed by atoms with Crippen molar-refractivity contribution in [3.63, 3.8) is 0 Å². The van der Waals surface area contributed by atoms with E-state index in [4.69, 9.17) is 31.2 Å². The summed E-state index contributed by atoms with van der Waals surface area (Å²) in [5, 5.41) is 11.9. The zero-order chi connectivity index (χ0) is 27.0. The second-order valence-electron chi connectivity index (χ2n) is 9.41. The van der Waals surface area contributed by atoms with Crippen LogP contribution in [0.4, 0.5) is 0 Å². The largest absolute Gasteiger partial charge is 0.506 e. The highest BCUT2D eigenvalue weighted by Gasteiger charge is 2.36. The van der Waals surface area contributed by atoms with E-state index in [1.807, 2.05) is 18.2 Å². The minimum absolute atomic E-state index is 0. The van der Waals surface area contributed by atoms with Gasteiger partial charge in [-0.3, -0.25) is 4.90 Å². The third kappa shape index (κ3) is 5.63. The van der Waals surface area contributed by atoms with Gasteiger partial charge >= 0.3 is 5.97 Å². The average Bonchev–Trinajstić information content (AvgIpc) is 3.72. The van der Waals surface area contributed by atoms with Crippen LogP contribution in [0.15, 0.2) is 28.7 Å². The fourth-order valence-corrected chi connectivity index (χ4v) is 5.88. The van der Waals surface area contributed by atoms with Crippen molar-refractivity contribution in [1.82, 2.24) is 9.47 Å². The monoisotopic (exact) mass is 638 g/mol. The quantitative estimate of drug-likeness (QED) is 0.183. The molecule has 1 N–H and O–H groups in total. The van der Waals surface area contributed by atoms with Crippen molar-refractivity contribution in [1.29, 1.82) is 0 Å². The number of ether oxygens (including phenoxy) is 4. The number of benzene rings is 2. The molecule has 1 aliphatic heterocycles. The van der Waals surface area contributed by atoms with E-state index in [0.717, 1.165) is 37.0 Å². The van der Waals surface area contributed by atoms with Crippen LogP contribution >= 0.6 is 40.6 Å². The number of rotatable bonds is 9. The summed E-state index contributed by atoms with van der Waals surface area (Å²) in [5.41, 5.74) is 3.27. The van der Waals surface area contributed by atoms with Crippen LogP contribution in [0.5, 0.6) is 17.2 Å². The van der Waals surface area contributed by atoms with E-state index >= 15 is 0 Å². The summed E-state index contributed by atoms with van der Waals surface area (Å²) < 4.78 is 24.8. The number of halogens is 2. The van der Waals surface area contributed by atoms with Gasteiger partial charge in [-0.05, 0) is 65.5 Å². The number of esters is 1. The lowest BCUT2D eigenvalue weighted by atomic mass is 10.00. The zero-order valence-electron chi connectivity index (χ0n) is 22.1. The first kappa shape index (κ1) is 29.6. The molecule has 5 rings (SSSR count). The molecular formula is C28H32BrClN2O6S. The molecule has 1 saturated carbocycles. The van der Waals surface area contributed by atoms with Crippen molar-refractivity contribution < 1.29 is 28.8 Å². The number of hydrogen-bond donors (Lipinski definition) is 1. The first-order valence-electron chi connectivity index (χ1n) is 12.7. The van der Waals surface area contributed by atoms with E-state index in [1.165, 1.54) is 0 Å². The van der Waals surface area contributed by atoms with Gasteiger partial charge in [0, 0.05) is 36.6 Å². The van der Waals surface area contributed by atoms with Gasteiger partial charge in [0.15, 0.2) is 11.5 Å². The Morgan fingerprint density at radius 1 is 1.15 bits per heavy atom. The highest BCUT2D eigenvalue weighted by molar-refractivity contribution is 9.10. The molecule has 1 aromatic heterocycles. The number of fused-ring (bicyclic) bond motifs is 1. The van der Waals surface area contributed by atoms with Gasteiger partial charge in [-0.15, -0.1) is 12.4 Å². The minimum atomic E-state index is -0.459. The maximum absolute atomic E-state index is 13.7. The van der Waals surface area contributed by atoms with Crippen molar-refractivity contribution in [2.75, 3.05) is 47.1 Å². The van der Waals surface area contributed by atoms with Gasteiger partial charge in [0.25, 0.3) is 0 Å². The molecule has 0 amide bonds. The van der Waals surface area contributed by atoms with Gasteiger partial charge < -0.3 is 28.6 Å². The molecule has 2 fully saturated rings. The van der Waals surface area contributed by atoms with Crippen molar-refractivity contribution in [3.8, 4) is 17.2 Å². The van der Waals surface area contributed by atoms with Gasteiger partial charge in [-0.25, -0.2) is 4.79 Å². The van der Waals surface area contributed by atoms with E-state index in [-0.39, 0.29) is 30.8 Å². The summed E-state index contributed by atoms with van der Waals surface area (Å²) >= 11 is 9.65. The molecule has 0 radical (unpaired) electrons. The van der Waals surface area contributed by atoms with Crippen LogP contribution in [0.3, 0.4) is 0 Å². The Hall–Kier alpha value is -2.37. The Morgan fingerprint density at radius 2 is 1.85 bits per heavy atom. The molecule has 0 unspecified atom stereocenters. The third-order valence-corrected chi connectivity index (χ3v) is 8.09. The Kier molecular flexibility index (Phi) is 9.44. The van der Waals surface area contributed by atoms with Crippen LogP contribution in [-0.4, -0.2) is 72.5 Å². The maximum Gasteiger partial charge on any atom is 0.341 e. The summed E-state index contributed by atoms with van der Waals surface area (Å²) in [6.07, 6.45) is 1.95. The van der Waals surface area contributed by atoms with Gasteiger partial charge in [0.1, 0.15) is 5.75 Å². The van der Waals surface area contributed by atoms with Gasteiger partial charge in [0.05, 0.1) is 60.2 Å². The van der Waals surface area contributed by atoms with E-state index in [0.29, 0.717) is 62.8 Å². The van der Waals surface area contributed by atoms with E-state index in [2.05, 4.69) is 25.4 Å². The SMILES string of the molecule is CCOC(=O)c1c(C(=S)c2ccc(OC)c(OC)c2)n(C2CC2)c2cc(Br)c(O)c(CN3CCOCC3)c12.Cl. The fraction of sp³-hybridized carbons (Fsp3) is 0.429. The average molecular weight is 640 g/mol. The number of nitrogens with zero attached hydrogens (tertiary/aromatic N) is 2. The van der Waals surface area contributed by atoms with Crippen LogP contribution in [0.2, 0.25) is 0 Å². The maximum atomic E-state index is 13.7. The van der Waals surface area contributed by atoms with Gasteiger partial charge in [-0.2, -0.15) is 0 Å². The molecule has 0 atom stereocenters. The normalized spacial score (nSPS) is 15.6. The fourth-order valence-electron chi connectivity index (χ4n) is 5.09. The Bertz CT molecular complexity index is 1400. The molecule has 2 aliphatic rings. The molecule has 11 heteroatoms. The Labute approximate surface area is 247 Å². The topological polar surface area (TPSA) is 82.4 Å². The molecule has 39 heavy (non-hydrogen) atoms. The number of morpholine rings is 1. The molecule has 0 bridgehead atoms. The van der Waals surface area contributed by atoms with Crippen LogP contribution in [-0.2, 0) is 16.0 Å². The number of phenolic OH excluding ortho intramolecular Hbond substituents is 1. The van der Waals surface area contributed by atoms with Crippen LogP contribution in [0.25, 0.3) is 10.9 Å². The summed E-state index contributed by atoms with van der Waals surface area (Å²) in [5.74, 6) is 0.798. The summed E-state index contributed by atoms with van der Waals surface area (Å²) in [7, 11) is 3.16. The third-order valence-electron chi connectivity index (χ3n) is 7.06. The van der Waals surface area contributed by atoms with Gasteiger partial charge in [0.2, 0.25) is 0 Å². The van der Waals surface area contributed by atoms with Crippen molar-refractivity contribution in [2.45, 2.75) is 32.4 Å². The second-order valence-corrected chi connectivity index (χ2v) is 10.7. The first-order chi connectivity index (χ1) is 18.4. The molecule has 3 aromatic rings. The molecule has 210 valence electrons. The van der Waals surface area contributed by atoms with Gasteiger partial charge in [-0.1, -0.05) is 12.2 Å². The number of carbonyl (C=O) groups excluding carboxylic acids is 1. The Balaban J connectivity index is 0.00000353. The van der Waals surface area contributed by atoms with Crippen LogP contribution < -0.4 is 9.47 Å². The predicted octanol–water partition coefficient (Wildman–Crippen LogP) is 5.66. The molecule has 2 heterocycles. The van der Waals surface area contributed by atoms with E-state index in [1.54, 1.807) is 27.2 Å². The van der Waals surface area contributed by atoms with Crippen molar-refractivity contribution >= 4 is 62.3 Å². The number of hydrogen-bond acceptors (Lipinski definition) is 8. The minimum Gasteiger partial charge on any atom is -0.506 e. The molecule has 1 aliphatic carbocycles. The lowest BCUT2D eigenvalue weighted by molar-refractivity contribution is 0.0340. The highest BCUT2D eigenvalue weighted by atomic mass is 79.9. The lowest BCUT2D eigenvalue weighted by Gasteiger charge is -2.27. The lowest BCUT2D eigenvalue weighted by Crippen LogP contribution is -2.35. The molecule has 0 spiro atoms. The molecular weight excluding hydrogens is 608 g/mol.